The minimum atomic E-state index is -4.65. The van der Waals surface area contributed by atoms with Crippen molar-refractivity contribution in [3.63, 3.8) is 0 Å². The van der Waals surface area contributed by atoms with E-state index in [0.717, 1.165) is 16.6 Å². The van der Waals surface area contributed by atoms with Gasteiger partial charge in [0.2, 0.25) is 5.82 Å². The summed E-state index contributed by atoms with van der Waals surface area (Å²) in [5.74, 6) is -1.23. The van der Waals surface area contributed by atoms with Gasteiger partial charge in [0, 0.05) is 43.8 Å². The van der Waals surface area contributed by atoms with Crippen molar-refractivity contribution >= 4 is 11.0 Å². The summed E-state index contributed by atoms with van der Waals surface area (Å²) >= 11 is 0. The van der Waals surface area contributed by atoms with Crippen molar-refractivity contribution in [1.29, 1.82) is 0 Å². The lowest BCUT2D eigenvalue weighted by molar-refractivity contribution is -0.145. The second-order valence-corrected chi connectivity index (χ2v) is 6.01. The van der Waals surface area contributed by atoms with Crippen LogP contribution in [-0.2, 0) is 25.7 Å². The van der Waals surface area contributed by atoms with Crippen LogP contribution in [-0.4, -0.2) is 31.4 Å². The molecule has 0 saturated heterocycles. The quantitative estimate of drug-likeness (QED) is 0.744. The lowest BCUT2D eigenvalue weighted by Crippen LogP contribution is -2.36. The Kier molecular flexibility index (Phi) is 3.60. The maximum atomic E-state index is 12.8. The lowest BCUT2D eigenvalue weighted by atomic mass is 10.1. The average Bonchev–Trinajstić information content (AvgIpc) is 2.98. The zero-order valence-corrected chi connectivity index (χ0v) is 13.0. The highest BCUT2D eigenvalue weighted by molar-refractivity contribution is 5.79. The van der Waals surface area contributed by atoms with Gasteiger partial charge in [-0.3, -0.25) is 9.69 Å². The van der Waals surface area contributed by atoms with Gasteiger partial charge in [-0.15, -0.1) is 0 Å². The Morgan fingerprint density at radius 3 is 2.96 bits per heavy atom. The third-order valence-electron chi connectivity index (χ3n) is 4.35. The molecule has 4 heterocycles. The molecule has 0 amide bonds. The summed E-state index contributed by atoms with van der Waals surface area (Å²) < 4.78 is 38.3. The first-order valence-electron chi connectivity index (χ1n) is 7.74. The molecular weight excluding hydrogens is 335 g/mol. The number of rotatable bonds is 2. The van der Waals surface area contributed by atoms with Crippen molar-refractivity contribution < 1.29 is 13.2 Å². The summed E-state index contributed by atoms with van der Waals surface area (Å²) in [7, 11) is 0. The summed E-state index contributed by atoms with van der Waals surface area (Å²) in [6.07, 6.45) is -0.781. The molecule has 0 radical (unpaired) electrons. The van der Waals surface area contributed by atoms with Crippen molar-refractivity contribution in [3.8, 4) is 0 Å². The van der Waals surface area contributed by atoms with E-state index >= 15 is 0 Å². The number of fused-ring (bicyclic) bond motifs is 2. The summed E-state index contributed by atoms with van der Waals surface area (Å²) in [6.45, 7) is 1.38. The van der Waals surface area contributed by atoms with E-state index in [1.54, 1.807) is 6.20 Å². The molecule has 4 rings (SSSR count). The number of halogens is 3. The van der Waals surface area contributed by atoms with E-state index in [0.29, 0.717) is 25.1 Å². The molecule has 0 fully saturated rings. The van der Waals surface area contributed by atoms with E-state index in [1.165, 1.54) is 0 Å². The highest BCUT2D eigenvalue weighted by atomic mass is 19.4. The average molecular weight is 349 g/mol. The summed E-state index contributed by atoms with van der Waals surface area (Å²) in [5.41, 5.74) is 1.62. The van der Waals surface area contributed by atoms with Gasteiger partial charge in [-0.25, -0.2) is 9.97 Å². The van der Waals surface area contributed by atoms with Crippen molar-refractivity contribution in [2.45, 2.75) is 25.7 Å². The molecule has 0 saturated carbocycles. The predicted molar refractivity (Wildman–Crippen MR) is 83.8 cm³/mol. The molecule has 1 aliphatic heterocycles. The molecule has 0 bridgehead atoms. The molecular formula is C16H14F3N5O. The van der Waals surface area contributed by atoms with Crippen LogP contribution >= 0.6 is 0 Å². The maximum absolute atomic E-state index is 12.8. The maximum Gasteiger partial charge on any atom is 0.449 e. The Bertz CT molecular complexity index is 991. The van der Waals surface area contributed by atoms with Crippen LogP contribution in [0.5, 0.6) is 0 Å². The molecule has 1 aliphatic rings. The Balaban J connectivity index is 1.60. The van der Waals surface area contributed by atoms with E-state index in [1.807, 2.05) is 28.2 Å². The minimum absolute atomic E-state index is 0.230. The van der Waals surface area contributed by atoms with Gasteiger partial charge >= 0.3 is 6.18 Å². The summed E-state index contributed by atoms with van der Waals surface area (Å²) in [6, 6.07) is 3.80. The Hall–Kier alpha value is -2.68. The van der Waals surface area contributed by atoms with Crippen molar-refractivity contribution in [2.75, 3.05) is 6.54 Å². The molecule has 0 atom stereocenters. The van der Waals surface area contributed by atoms with Gasteiger partial charge in [-0.05, 0) is 17.7 Å². The standard InChI is InChI=1S/C16H14F3N5O/c17-16(18,19)15-22-12-3-5-24(8-11(12)14(25)23-15)7-9-6-21-13-10(9)2-1-4-20-13/h1-2,4,6H,3,5,7-8H2,(H,20,21)(H,22,23,25). The van der Waals surface area contributed by atoms with Crippen LogP contribution in [0.25, 0.3) is 11.0 Å². The van der Waals surface area contributed by atoms with Crippen molar-refractivity contribution in [3.05, 3.63) is 57.5 Å². The Morgan fingerprint density at radius 2 is 2.16 bits per heavy atom. The van der Waals surface area contributed by atoms with Crippen molar-refractivity contribution in [1.82, 2.24) is 24.8 Å². The van der Waals surface area contributed by atoms with E-state index < -0.39 is 17.6 Å². The number of nitrogens with one attached hydrogen (secondary N) is 2. The predicted octanol–water partition coefficient (Wildman–Crippen LogP) is 2.22. The first kappa shape index (κ1) is 15.8. The molecule has 3 aromatic heterocycles. The molecule has 6 nitrogen and oxygen atoms in total. The van der Waals surface area contributed by atoms with Gasteiger partial charge in [0.15, 0.2) is 0 Å². The van der Waals surface area contributed by atoms with E-state index in [4.69, 9.17) is 0 Å². The number of hydrogen-bond acceptors (Lipinski definition) is 4. The number of aromatic amines is 2. The fraction of sp³-hybridized carbons (Fsp3) is 0.312. The molecule has 2 N–H and O–H groups in total. The minimum Gasteiger partial charge on any atom is -0.346 e. The lowest BCUT2D eigenvalue weighted by Gasteiger charge is -2.27. The van der Waals surface area contributed by atoms with E-state index in [-0.39, 0.29) is 12.2 Å². The normalized spacial score (nSPS) is 15.5. The van der Waals surface area contributed by atoms with Crippen LogP contribution < -0.4 is 5.56 Å². The van der Waals surface area contributed by atoms with Crippen LogP contribution in [0.3, 0.4) is 0 Å². The number of H-pyrrole nitrogens is 2. The summed E-state index contributed by atoms with van der Waals surface area (Å²) in [4.78, 5) is 26.8. The third kappa shape index (κ3) is 2.91. The summed E-state index contributed by atoms with van der Waals surface area (Å²) in [5, 5.41) is 0.993. The SMILES string of the molecule is O=c1[nH]c(C(F)(F)F)nc2c1CN(Cc1c[nH]c3ncccc13)CC2. The number of aromatic nitrogens is 4. The number of alkyl halides is 3. The fourth-order valence-corrected chi connectivity index (χ4v) is 3.13. The van der Waals surface area contributed by atoms with Gasteiger partial charge < -0.3 is 9.97 Å². The van der Waals surface area contributed by atoms with Crippen LogP contribution in [0.1, 0.15) is 22.6 Å². The van der Waals surface area contributed by atoms with Gasteiger partial charge in [0.25, 0.3) is 5.56 Å². The first-order valence-corrected chi connectivity index (χ1v) is 7.74. The molecule has 3 aromatic rings. The number of nitrogens with zero attached hydrogens (tertiary/aromatic N) is 3. The Labute approximate surface area is 139 Å². The second kappa shape index (κ2) is 5.69. The molecule has 0 spiro atoms. The van der Waals surface area contributed by atoms with Gasteiger partial charge in [0.1, 0.15) is 5.65 Å². The largest absolute Gasteiger partial charge is 0.449 e. The van der Waals surface area contributed by atoms with E-state index in [9.17, 15) is 18.0 Å². The zero-order chi connectivity index (χ0) is 17.6. The van der Waals surface area contributed by atoms with Crippen LogP contribution in [0.4, 0.5) is 13.2 Å². The van der Waals surface area contributed by atoms with E-state index in [2.05, 4.69) is 15.0 Å². The third-order valence-corrected chi connectivity index (χ3v) is 4.35. The fourth-order valence-electron chi connectivity index (χ4n) is 3.13. The van der Waals surface area contributed by atoms with Crippen molar-refractivity contribution in [2.24, 2.45) is 0 Å². The first-order chi connectivity index (χ1) is 11.9. The van der Waals surface area contributed by atoms with Crippen LogP contribution in [0.2, 0.25) is 0 Å². The molecule has 0 unspecified atom stereocenters. The molecule has 0 aliphatic carbocycles. The zero-order valence-electron chi connectivity index (χ0n) is 13.0. The Morgan fingerprint density at radius 1 is 1.32 bits per heavy atom. The van der Waals surface area contributed by atoms with Gasteiger partial charge in [0.05, 0.1) is 11.3 Å². The molecule has 0 aromatic carbocycles. The topological polar surface area (TPSA) is 77.7 Å². The van der Waals surface area contributed by atoms with Gasteiger partial charge in [-0.1, -0.05) is 0 Å². The second-order valence-electron chi connectivity index (χ2n) is 6.01. The monoisotopic (exact) mass is 349 g/mol. The highest BCUT2D eigenvalue weighted by Gasteiger charge is 2.35. The van der Waals surface area contributed by atoms with Crippen LogP contribution in [0.15, 0.2) is 29.3 Å². The number of pyridine rings is 1. The highest BCUT2D eigenvalue weighted by Crippen LogP contribution is 2.27. The van der Waals surface area contributed by atoms with Crippen LogP contribution in [0, 0.1) is 0 Å². The molecule has 9 heteroatoms. The smallest absolute Gasteiger partial charge is 0.346 e. The molecule has 130 valence electrons. The van der Waals surface area contributed by atoms with Gasteiger partial charge in [-0.2, -0.15) is 13.2 Å². The number of hydrogen-bond donors (Lipinski definition) is 2. The molecule has 25 heavy (non-hydrogen) atoms.